The number of hydrogen-bond donors (Lipinski definition) is 1. The molecule has 0 saturated carbocycles. The highest BCUT2D eigenvalue weighted by molar-refractivity contribution is 6.34. The van der Waals surface area contributed by atoms with Crippen molar-refractivity contribution in [2.75, 3.05) is 5.32 Å². The number of Topliss-reactive ketones (excluding diaryl/α,β-unsaturated/α-hetero) is 1. The van der Waals surface area contributed by atoms with Crippen LogP contribution in [0, 0.1) is 0 Å². The zero-order valence-corrected chi connectivity index (χ0v) is 12.3. The summed E-state index contributed by atoms with van der Waals surface area (Å²) in [7, 11) is 0. The van der Waals surface area contributed by atoms with Crippen LogP contribution < -0.4 is 5.32 Å². The summed E-state index contributed by atoms with van der Waals surface area (Å²) >= 11 is 12.0. The molecule has 1 aromatic carbocycles. The summed E-state index contributed by atoms with van der Waals surface area (Å²) in [4.78, 5) is 27.8. The Labute approximate surface area is 131 Å². The van der Waals surface area contributed by atoms with Crippen LogP contribution in [-0.4, -0.2) is 16.7 Å². The van der Waals surface area contributed by atoms with E-state index < -0.39 is 5.91 Å². The number of pyridine rings is 1. The zero-order chi connectivity index (χ0) is 15.0. The molecule has 0 unspecified atom stereocenters. The Bertz CT molecular complexity index is 759. The molecule has 0 spiro atoms. The number of fused-ring (bicyclic) bond motifs is 1. The molecular weight excluding hydrogens is 311 g/mol. The topological polar surface area (TPSA) is 59.1 Å². The summed E-state index contributed by atoms with van der Waals surface area (Å²) in [5.74, 6) is -0.358. The van der Waals surface area contributed by atoms with Crippen molar-refractivity contribution in [3.8, 4) is 0 Å². The third-order valence-corrected chi connectivity index (χ3v) is 3.87. The van der Waals surface area contributed by atoms with Crippen molar-refractivity contribution in [3.63, 3.8) is 0 Å². The molecule has 106 valence electrons. The van der Waals surface area contributed by atoms with Crippen molar-refractivity contribution in [1.82, 2.24) is 4.98 Å². The average Bonchev–Trinajstić information content (AvgIpc) is 2.80. The normalized spacial score (nSPS) is 13.1. The summed E-state index contributed by atoms with van der Waals surface area (Å²) in [6, 6.07) is 6.39. The van der Waals surface area contributed by atoms with Gasteiger partial charge in [0, 0.05) is 23.2 Å². The van der Waals surface area contributed by atoms with Crippen molar-refractivity contribution >= 4 is 40.6 Å². The number of benzene rings is 1. The van der Waals surface area contributed by atoms with E-state index in [1.165, 1.54) is 12.3 Å². The molecule has 1 heterocycles. The minimum Gasteiger partial charge on any atom is -0.319 e. The number of nitrogens with one attached hydrogen (secondary N) is 1. The average molecular weight is 321 g/mol. The van der Waals surface area contributed by atoms with E-state index in [9.17, 15) is 9.59 Å². The van der Waals surface area contributed by atoms with Crippen LogP contribution in [-0.2, 0) is 6.42 Å². The van der Waals surface area contributed by atoms with Crippen LogP contribution in [0.25, 0.3) is 0 Å². The smallest absolute Gasteiger partial charge is 0.274 e. The van der Waals surface area contributed by atoms with E-state index in [2.05, 4.69) is 10.3 Å². The van der Waals surface area contributed by atoms with E-state index in [4.69, 9.17) is 23.2 Å². The molecule has 0 aliphatic heterocycles. The lowest BCUT2D eigenvalue weighted by atomic mass is 10.1. The summed E-state index contributed by atoms with van der Waals surface area (Å²) in [6.45, 7) is 0. The van der Waals surface area contributed by atoms with Crippen LogP contribution in [0.1, 0.15) is 32.8 Å². The Kier molecular flexibility index (Phi) is 3.66. The summed E-state index contributed by atoms with van der Waals surface area (Å²) < 4.78 is 0. The molecule has 4 nitrogen and oxygen atoms in total. The molecule has 1 aliphatic carbocycles. The minimum absolute atomic E-state index is 0.0676. The fraction of sp³-hybridized carbons (Fsp3) is 0.133. The standard InChI is InChI=1S/C15H10Cl2N2O2/c16-9-3-4-18-13(6-9)15(21)19-12-7-10-8(5-11(12)17)1-2-14(10)20/h3-7H,1-2H2,(H,19,21). The van der Waals surface area contributed by atoms with E-state index in [-0.39, 0.29) is 11.5 Å². The number of halogens is 2. The molecule has 1 aromatic heterocycles. The molecule has 0 saturated heterocycles. The first-order valence-electron chi connectivity index (χ1n) is 6.33. The van der Waals surface area contributed by atoms with Crippen molar-refractivity contribution in [3.05, 3.63) is 57.3 Å². The fourth-order valence-electron chi connectivity index (χ4n) is 2.27. The number of amides is 1. The van der Waals surface area contributed by atoms with Crippen molar-refractivity contribution in [2.24, 2.45) is 0 Å². The highest BCUT2D eigenvalue weighted by Crippen LogP contribution is 2.31. The lowest BCUT2D eigenvalue weighted by Gasteiger charge is -2.09. The van der Waals surface area contributed by atoms with Gasteiger partial charge in [0.15, 0.2) is 5.78 Å². The highest BCUT2D eigenvalue weighted by Gasteiger charge is 2.22. The van der Waals surface area contributed by atoms with E-state index >= 15 is 0 Å². The summed E-state index contributed by atoms with van der Waals surface area (Å²) in [5, 5.41) is 3.48. The monoisotopic (exact) mass is 320 g/mol. The van der Waals surface area contributed by atoms with E-state index in [0.717, 1.165) is 5.56 Å². The Balaban J connectivity index is 1.90. The first kappa shape index (κ1) is 14.0. The molecule has 0 bridgehead atoms. The second-order valence-electron chi connectivity index (χ2n) is 4.73. The Morgan fingerprint density at radius 3 is 2.76 bits per heavy atom. The van der Waals surface area contributed by atoms with Gasteiger partial charge in [0.1, 0.15) is 5.69 Å². The molecule has 0 radical (unpaired) electrons. The van der Waals surface area contributed by atoms with Crippen LogP contribution in [0.5, 0.6) is 0 Å². The third-order valence-electron chi connectivity index (χ3n) is 3.32. The van der Waals surface area contributed by atoms with Gasteiger partial charge in [0.25, 0.3) is 5.91 Å². The number of anilines is 1. The van der Waals surface area contributed by atoms with Crippen LogP contribution in [0.2, 0.25) is 10.0 Å². The molecule has 1 aliphatic rings. The Morgan fingerprint density at radius 1 is 1.19 bits per heavy atom. The quantitative estimate of drug-likeness (QED) is 0.916. The third kappa shape index (κ3) is 2.77. The number of hydrogen-bond acceptors (Lipinski definition) is 3. The number of rotatable bonds is 2. The second kappa shape index (κ2) is 5.47. The van der Waals surface area contributed by atoms with E-state index in [1.54, 1.807) is 18.2 Å². The number of carbonyl (C=O) groups is 2. The van der Waals surface area contributed by atoms with Gasteiger partial charge >= 0.3 is 0 Å². The van der Waals surface area contributed by atoms with Gasteiger partial charge in [-0.25, -0.2) is 0 Å². The van der Waals surface area contributed by atoms with Crippen LogP contribution in [0.3, 0.4) is 0 Å². The van der Waals surface area contributed by atoms with E-state index in [1.807, 2.05) is 0 Å². The maximum absolute atomic E-state index is 12.1. The number of aryl methyl sites for hydroxylation is 1. The summed E-state index contributed by atoms with van der Waals surface area (Å²) in [5.41, 5.74) is 2.13. The second-order valence-corrected chi connectivity index (χ2v) is 5.57. The maximum Gasteiger partial charge on any atom is 0.274 e. The molecule has 6 heteroatoms. The number of nitrogens with zero attached hydrogens (tertiary/aromatic N) is 1. The fourth-order valence-corrected chi connectivity index (χ4v) is 2.67. The van der Waals surface area contributed by atoms with Gasteiger partial charge in [0.05, 0.1) is 10.7 Å². The van der Waals surface area contributed by atoms with Gasteiger partial charge < -0.3 is 5.32 Å². The first-order chi connectivity index (χ1) is 10.0. The van der Waals surface area contributed by atoms with Gasteiger partial charge in [-0.15, -0.1) is 0 Å². The van der Waals surface area contributed by atoms with Crippen LogP contribution in [0.4, 0.5) is 5.69 Å². The van der Waals surface area contributed by atoms with E-state index in [0.29, 0.717) is 34.1 Å². The molecule has 0 atom stereocenters. The predicted molar refractivity (Wildman–Crippen MR) is 81.3 cm³/mol. The van der Waals surface area contributed by atoms with Crippen molar-refractivity contribution in [2.45, 2.75) is 12.8 Å². The molecule has 0 fully saturated rings. The number of carbonyl (C=O) groups excluding carboxylic acids is 2. The molecule has 21 heavy (non-hydrogen) atoms. The Morgan fingerprint density at radius 2 is 2.00 bits per heavy atom. The molecule has 3 rings (SSSR count). The van der Waals surface area contributed by atoms with Gasteiger partial charge in [0.2, 0.25) is 0 Å². The van der Waals surface area contributed by atoms with Gasteiger partial charge in [-0.3, -0.25) is 14.6 Å². The molecular formula is C15H10Cl2N2O2. The highest BCUT2D eigenvalue weighted by atomic mass is 35.5. The van der Waals surface area contributed by atoms with Gasteiger partial charge in [-0.2, -0.15) is 0 Å². The number of ketones is 1. The first-order valence-corrected chi connectivity index (χ1v) is 7.09. The van der Waals surface area contributed by atoms with Gasteiger partial charge in [-0.05, 0) is 36.2 Å². The lowest BCUT2D eigenvalue weighted by molar-refractivity contribution is 0.0991. The Hall–Kier alpha value is -1.91. The maximum atomic E-state index is 12.1. The lowest BCUT2D eigenvalue weighted by Crippen LogP contribution is -2.14. The zero-order valence-electron chi connectivity index (χ0n) is 10.8. The van der Waals surface area contributed by atoms with Crippen LogP contribution >= 0.6 is 23.2 Å². The number of aromatic nitrogens is 1. The van der Waals surface area contributed by atoms with Crippen molar-refractivity contribution < 1.29 is 9.59 Å². The molecule has 2 aromatic rings. The van der Waals surface area contributed by atoms with Gasteiger partial charge in [-0.1, -0.05) is 23.2 Å². The SMILES string of the molecule is O=C(Nc1cc2c(cc1Cl)CCC2=O)c1cc(Cl)ccn1. The van der Waals surface area contributed by atoms with Crippen molar-refractivity contribution in [1.29, 1.82) is 0 Å². The van der Waals surface area contributed by atoms with Crippen LogP contribution in [0.15, 0.2) is 30.5 Å². The predicted octanol–water partition coefficient (Wildman–Crippen LogP) is 3.77. The minimum atomic E-state index is -0.426. The molecule has 1 N–H and O–H groups in total. The largest absolute Gasteiger partial charge is 0.319 e. The summed E-state index contributed by atoms with van der Waals surface area (Å²) in [6.07, 6.45) is 2.63. The molecule has 1 amide bonds.